The fraction of sp³-hybridized carbons (Fsp3) is 0.444. The van der Waals surface area contributed by atoms with E-state index in [0.29, 0.717) is 12.0 Å². The van der Waals surface area contributed by atoms with Crippen molar-refractivity contribution in [3.8, 4) is 0 Å². The number of hydrogen-bond donors (Lipinski definition) is 0. The van der Waals surface area contributed by atoms with Gasteiger partial charge >= 0.3 is 11.9 Å². The zero-order chi connectivity index (χ0) is 18.7. The maximum absolute atomic E-state index is 13.7. The molecule has 2 unspecified atom stereocenters. The summed E-state index contributed by atoms with van der Waals surface area (Å²) in [6.07, 6.45) is 4.34. The van der Waals surface area contributed by atoms with Crippen LogP contribution in [-0.4, -0.2) is 40.1 Å². The third kappa shape index (κ3) is 3.74. The fourth-order valence-electron chi connectivity index (χ4n) is 3.08. The quantitative estimate of drug-likeness (QED) is 0.779. The Kier molecular flexibility index (Phi) is 5.29. The first-order valence-corrected chi connectivity index (χ1v) is 8.47. The molecule has 26 heavy (non-hydrogen) atoms. The predicted molar refractivity (Wildman–Crippen MR) is 89.2 cm³/mol. The minimum absolute atomic E-state index is 0.101. The number of rotatable bonds is 4. The molecule has 0 aliphatic heterocycles. The standard InChI is InChI=1S/C18H20FN3O4/c1-11-7-8-12(9-13(11)19)17(23)26-16-6-4-3-5-15(16)22-10-14(20-21-22)18(24)25-2/h7-10,15-16H,3-6H2,1-2H3. The van der Waals surface area contributed by atoms with Crippen LogP contribution in [0.4, 0.5) is 4.39 Å². The van der Waals surface area contributed by atoms with E-state index in [2.05, 4.69) is 15.0 Å². The number of esters is 2. The summed E-state index contributed by atoms with van der Waals surface area (Å²) in [7, 11) is 1.27. The maximum Gasteiger partial charge on any atom is 0.360 e. The summed E-state index contributed by atoms with van der Waals surface area (Å²) in [4.78, 5) is 24.0. The van der Waals surface area contributed by atoms with Crippen LogP contribution in [0.25, 0.3) is 0 Å². The Labute approximate surface area is 150 Å². The second-order valence-electron chi connectivity index (χ2n) is 6.33. The normalized spacial score (nSPS) is 19.8. The summed E-state index contributed by atoms with van der Waals surface area (Å²) in [6, 6.07) is 4.04. The number of carbonyl (C=O) groups excluding carboxylic acids is 2. The second kappa shape index (κ2) is 7.63. The van der Waals surface area contributed by atoms with Crippen molar-refractivity contribution in [2.24, 2.45) is 0 Å². The van der Waals surface area contributed by atoms with Gasteiger partial charge in [-0.05, 0) is 43.9 Å². The minimum atomic E-state index is -0.575. The Morgan fingerprint density at radius 1 is 1.23 bits per heavy atom. The van der Waals surface area contributed by atoms with Gasteiger partial charge in [-0.15, -0.1) is 5.10 Å². The average molecular weight is 361 g/mol. The number of halogens is 1. The lowest BCUT2D eigenvalue weighted by molar-refractivity contribution is 0.00169. The van der Waals surface area contributed by atoms with Crippen molar-refractivity contribution in [2.45, 2.75) is 44.8 Å². The van der Waals surface area contributed by atoms with Crippen molar-refractivity contribution in [1.82, 2.24) is 15.0 Å². The summed E-state index contributed by atoms with van der Waals surface area (Å²) in [5.74, 6) is -1.59. The largest absolute Gasteiger partial charge is 0.464 e. The van der Waals surface area contributed by atoms with E-state index in [1.54, 1.807) is 23.7 Å². The average Bonchev–Trinajstić information content (AvgIpc) is 3.13. The number of ether oxygens (including phenoxy) is 2. The highest BCUT2D eigenvalue weighted by molar-refractivity contribution is 5.89. The van der Waals surface area contributed by atoms with Crippen molar-refractivity contribution >= 4 is 11.9 Å². The van der Waals surface area contributed by atoms with Crippen molar-refractivity contribution in [3.63, 3.8) is 0 Å². The van der Waals surface area contributed by atoms with Gasteiger partial charge in [0.15, 0.2) is 5.69 Å². The first kappa shape index (κ1) is 18.0. The Morgan fingerprint density at radius 3 is 2.73 bits per heavy atom. The van der Waals surface area contributed by atoms with Crippen LogP contribution < -0.4 is 0 Å². The van der Waals surface area contributed by atoms with E-state index < -0.39 is 23.9 Å². The van der Waals surface area contributed by atoms with Gasteiger partial charge in [-0.3, -0.25) is 0 Å². The van der Waals surface area contributed by atoms with Gasteiger partial charge in [0.25, 0.3) is 0 Å². The van der Waals surface area contributed by atoms with Crippen molar-refractivity contribution in [3.05, 3.63) is 47.0 Å². The molecular weight excluding hydrogens is 341 g/mol. The Hall–Kier alpha value is -2.77. The fourth-order valence-corrected chi connectivity index (χ4v) is 3.08. The lowest BCUT2D eigenvalue weighted by Gasteiger charge is -2.30. The molecule has 0 saturated heterocycles. The SMILES string of the molecule is COC(=O)c1cn(C2CCCCC2OC(=O)c2ccc(C)c(F)c2)nn1. The molecule has 1 heterocycles. The molecule has 1 aromatic carbocycles. The van der Waals surface area contributed by atoms with E-state index in [0.717, 1.165) is 19.3 Å². The van der Waals surface area contributed by atoms with Gasteiger partial charge in [0.1, 0.15) is 11.9 Å². The lowest BCUT2D eigenvalue weighted by Crippen LogP contribution is -2.32. The summed E-state index contributed by atoms with van der Waals surface area (Å²) in [5.41, 5.74) is 0.741. The summed E-state index contributed by atoms with van der Waals surface area (Å²) in [5, 5.41) is 7.78. The molecule has 2 atom stereocenters. The van der Waals surface area contributed by atoms with Gasteiger partial charge in [-0.1, -0.05) is 17.7 Å². The highest BCUT2D eigenvalue weighted by Crippen LogP contribution is 2.31. The predicted octanol–water partition coefficient (Wildman–Crippen LogP) is 2.85. The smallest absolute Gasteiger partial charge is 0.360 e. The van der Waals surface area contributed by atoms with E-state index in [1.165, 1.54) is 19.4 Å². The molecule has 8 heteroatoms. The van der Waals surface area contributed by atoms with Crippen LogP contribution in [0.15, 0.2) is 24.4 Å². The van der Waals surface area contributed by atoms with Crippen LogP contribution in [0.5, 0.6) is 0 Å². The molecule has 7 nitrogen and oxygen atoms in total. The molecule has 2 aromatic rings. The minimum Gasteiger partial charge on any atom is -0.464 e. The van der Waals surface area contributed by atoms with Gasteiger partial charge in [-0.25, -0.2) is 18.7 Å². The molecule has 0 radical (unpaired) electrons. The number of nitrogens with zero attached hydrogens (tertiary/aromatic N) is 3. The zero-order valence-electron chi connectivity index (χ0n) is 14.6. The number of hydrogen-bond acceptors (Lipinski definition) is 6. The van der Waals surface area contributed by atoms with Gasteiger partial charge < -0.3 is 9.47 Å². The van der Waals surface area contributed by atoms with Crippen LogP contribution in [-0.2, 0) is 9.47 Å². The van der Waals surface area contributed by atoms with Gasteiger partial charge in [0.05, 0.1) is 24.9 Å². The molecule has 1 aliphatic rings. The number of aromatic nitrogens is 3. The molecular formula is C18H20FN3O4. The number of carbonyl (C=O) groups is 2. The monoisotopic (exact) mass is 361 g/mol. The topological polar surface area (TPSA) is 83.3 Å². The second-order valence-corrected chi connectivity index (χ2v) is 6.33. The molecule has 138 valence electrons. The number of methoxy groups -OCH3 is 1. The van der Waals surface area contributed by atoms with Crippen LogP contribution >= 0.6 is 0 Å². The van der Waals surface area contributed by atoms with Gasteiger partial charge in [-0.2, -0.15) is 0 Å². The summed E-state index contributed by atoms with van der Waals surface area (Å²) in [6.45, 7) is 1.63. The molecule has 0 spiro atoms. The van der Waals surface area contributed by atoms with Crippen molar-refractivity contribution in [2.75, 3.05) is 7.11 Å². The van der Waals surface area contributed by atoms with E-state index in [4.69, 9.17) is 4.74 Å². The zero-order valence-corrected chi connectivity index (χ0v) is 14.6. The van der Waals surface area contributed by atoms with E-state index in [9.17, 15) is 14.0 Å². The highest BCUT2D eigenvalue weighted by atomic mass is 19.1. The van der Waals surface area contributed by atoms with Crippen LogP contribution in [0.3, 0.4) is 0 Å². The van der Waals surface area contributed by atoms with E-state index in [1.807, 2.05) is 0 Å². The van der Waals surface area contributed by atoms with Crippen LogP contribution in [0, 0.1) is 12.7 Å². The van der Waals surface area contributed by atoms with Crippen LogP contribution in [0.1, 0.15) is 58.1 Å². The molecule has 1 aliphatic carbocycles. The highest BCUT2D eigenvalue weighted by Gasteiger charge is 2.31. The first-order chi connectivity index (χ1) is 12.5. The molecule has 1 saturated carbocycles. The lowest BCUT2D eigenvalue weighted by atomic mass is 9.92. The van der Waals surface area contributed by atoms with E-state index >= 15 is 0 Å². The molecule has 0 N–H and O–H groups in total. The number of aryl methyl sites for hydroxylation is 1. The Balaban J connectivity index is 1.76. The van der Waals surface area contributed by atoms with Crippen molar-refractivity contribution < 1.29 is 23.5 Å². The van der Waals surface area contributed by atoms with E-state index in [-0.39, 0.29) is 17.3 Å². The Morgan fingerprint density at radius 2 is 2.00 bits per heavy atom. The Bertz CT molecular complexity index is 821. The summed E-state index contributed by atoms with van der Waals surface area (Å²) >= 11 is 0. The molecule has 1 aromatic heterocycles. The van der Waals surface area contributed by atoms with Crippen LogP contribution in [0.2, 0.25) is 0 Å². The summed E-state index contributed by atoms with van der Waals surface area (Å²) < 4.78 is 25.5. The molecule has 3 rings (SSSR count). The maximum atomic E-state index is 13.7. The third-order valence-electron chi connectivity index (χ3n) is 4.58. The van der Waals surface area contributed by atoms with Gasteiger partial charge in [0, 0.05) is 0 Å². The van der Waals surface area contributed by atoms with Gasteiger partial charge in [0.2, 0.25) is 0 Å². The molecule has 1 fully saturated rings. The van der Waals surface area contributed by atoms with Crippen molar-refractivity contribution in [1.29, 1.82) is 0 Å². The molecule has 0 bridgehead atoms. The third-order valence-corrected chi connectivity index (χ3v) is 4.58. The number of benzene rings is 1. The molecule has 0 amide bonds. The first-order valence-electron chi connectivity index (χ1n) is 8.47.